The third-order valence-corrected chi connectivity index (χ3v) is 2.58. The predicted octanol–water partition coefficient (Wildman–Crippen LogP) is 3.66. The van der Waals surface area contributed by atoms with E-state index in [0.717, 1.165) is 18.4 Å². The first-order chi connectivity index (χ1) is 8.25. The molecular weight excluding hydrogens is 216 g/mol. The maximum Gasteiger partial charge on any atom is 0.373 e. The van der Waals surface area contributed by atoms with Gasteiger partial charge in [-0.05, 0) is 25.0 Å². The molecule has 0 N–H and O–H groups in total. The fourth-order valence-electron chi connectivity index (χ4n) is 1.53. The van der Waals surface area contributed by atoms with E-state index in [9.17, 15) is 4.79 Å². The molecule has 0 radical (unpaired) electrons. The molecule has 0 fully saturated rings. The first kappa shape index (κ1) is 13.7. The Bertz CT molecular complexity index is 347. The van der Waals surface area contributed by atoms with E-state index in [4.69, 9.17) is 9.78 Å². The smallest absolute Gasteiger partial charge is 0.293 e. The zero-order valence-corrected chi connectivity index (χ0v) is 10.6. The molecule has 0 aromatic heterocycles. The highest BCUT2D eigenvalue weighted by molar-refractivity contribution is 5.90. The van der Waals surface area contributed by atoms with Gasteiger partial charge >= 0.3 is 5.97 Å². The molecule has 0 aliphatic heterocycles. The van der Waals surface area contributed by atoms with Crippen LogP contribution in [0.15, 0.2) is 24.3 Å². The average molecular weight is 236 g/mol. The maximum atomic E-state index is 11.6. The van der Waals surface area contributed by atoms with Crippen molar-refractivity contribution < 1.29 is 14.6 Å². The second-order valence-electron chi connectivity index (χ2n) is 4.07. The minimum Gasteiger partial charge on any atom is -0.293 e. The average Bonchev–Trinajstić information content (AvgIpc) is 2.34. The number of benzene rings is 1. The van der Waals surface area contributed by atoms with Crippen molar-refractivity contribution in [3.05, 3.63) is 35.4 Å². The second-order valence-corrected chi connectivity index (χ2v) is 4.07. The van der Waals surface area contributed by atoms with Crippen LogP contribution in [0.25, 0.3) is 0 Å². The molecule has 17 heavy (non-hydrogen) atoms. The fourth-order valence-corrected chi connectivity index (χ4v) is 1.53. The lowest BCUT2D eigenvalue weighted by molar-refractivity contribution is -0.241. The lowest BCUT2D eigenvalue weighted by Gasteiger charge is -2.05. The van der Waals surface area contributed by atoms with Crippen molar-refractivity contribution in [2.75, 3.05) is 6.61 Å². The molecule has 0 saturated carbocycles. The van der Waals surface area contributed by atoms with Crippen LogP contribution >= 0.6 is 0 Å². The number of rotatable bonds is 7. The van der Waals surface area contributed by atoms with E-state index in [1.165, 1.54) is 12.8 Å². The van der Waals surface area contributed by atoms with Gasteiger partial charge in [-0.1, -0.05) is 44.4 Å². The molecule has 0 heterocycles. The van der Waals surface area contributed by atoms with Crippen LogP contribution in [0, 0.1) is 6.92 Å². The molecule has 0 atom stereocenters. The quantitative estimate of drug-likeness (QED) is 0.411. The van der Waals surface area contributed by atoms with Crippen LogP contribution in [-0.2, 0) is 9.78 Å². The minimum atomic E-state index is -0.418. The van der Waals surface area contributed by atoms with Gasteiger partial charge in [0.05, 0.1) is 12.2 Å². The molecule has 0 aliphatic rings. The summed E-state index contributed by atoms with van der Waals surface area (Å²) in [6, 6.07) is 7.30. The van der Waals surface area contributed by atoms with Crippen LogP contribution in [0.3, 0.4) is 0 Å². The van der Waals surface area contributed by atoms with Gasteiger partial charge in [0.1, 0.15) is 0 Å². The lowest BCUT2D eigenvalue weighted by atomic mass is 10.1. The summed E-state index contributed by atoms with van der Waals surface area (Å²) >= 11 is 0. The molecule has 0 amide bonds. The molecule has 0 spiro atoms. The summed E-state index contributed by atoms with van der Waals surface area (Å²) in [5.74, 6) is -0.418. The van der Waals surface area contributed by atoms with Gasteiger partial charge in [0.25, 0.3) is 0 Å². The van der Waals surface area contributed by atoms with E-state index < -0.39 is 5.97 Å². The van der Waals surface area contributed by atoms with E-state index in [1.54, 1.807) is 6.07 Å². The number of hydrogen-bond acceptors (Lipinski definition) is 3. The van der Waals surface area contributed by atoms with Crippen molar-refractivity contribution in [2.45, 2.75) is 39.5 Å². The van der Waals surface area contributed by atoms with Gasteiger partial charge in [0, 0.05) is 0 Å². The van der Waals surface area contributed by atoms with E-state index in [1.807, 2.05) is 25.1 Å². The molecule has 94 valence electrons. The van der Waals surface area contributed by atoms with E-state index in [-0.39, 0.29) is 0 Å². The summed E-state index contributed by atoms with van der Waals surface area (Å²) < 4.78 is 0. The highest BCUT2D eigenvalue weighted by atomic mass is 17.2. The van der Waals surface area contributed by atoms with Crippen LogP contribution in [0.2, 0.25) is 0 Å². The van der Waals surface area contributed by atoms with Crippen LogP contribution in [0.5, 0.6) is 0 Å². The number of carbonyl (C=O) groups is 1. The van der Waals surface area contributed by atoms with Crippen molar-refractivity contribution in [3.8, 4) is 0 Å². The van der Waals surface area contributed by atoms with Crippen molar-refractivity contribution in [3.63, 3.8) is 0 Å². The largest absolute Gasteiger partial charge is 0.373 e. The van der Waals surface area contributed by atoms with Crippen molar-refractivity contribution >= 4 is 5.97 Å². The van der Waals surface area contributed by atoms with Gasteiger partial charge in [0.2, 0.25) is 0 Å². The Morgan fingerprint density at radius 3 is 2.65 bits per heavy atom. The number of hydrogen-bond donors (Lipinski definition) is 0. The zero-order chi connectivity index (χ0) is 12.5. The van der Waals surface area contributed by atoms with Gasteiger partial charge in [-0.3, -0.25) is 4.89 Å². The summed E-state index contributed by atoms with van der Waals surface area (Å²) in [5, 5.41) is 0. The Morgan fingerprint density at radius 1 is 1.18 bits per heavy atom. The number of carbonyl (C=O) groups excluding carboxylic acids is 1. The second kappa shape index (κ2) is 7.85. The Kier molecular flexibility index (Phi) is 6.33. The molecule has 0 unspecified atom stereocenters. The molecule has 0 bridgehead atoms. The third kappa shape index (κ3) is 5.00. The van der Waals surface area contributed by atoms with Gasteiger partial charge in [-0.2, -0.15) is 4.89 Å². The Morgan fingerprint density at radius 2 is 1.94 bits per heavy atom. The van der Waals surface area contributed by atoms with Gasteiger partial charge < -0.3 is 0 Å². The molecule has 1 aromatic rings. The van der Waals surface area contributed by atoms with Crippen LogP contribution in [-0.4, -0.2) is 12.6 Å². The summed E-state index contributed by atoms with van der Waals surface area (Å²) in [5.41, 5.74) is 1.45. The first-order valence-corrected chi connectivity index (χ1v) is 6.15. The molecular formula is C14H20O3. The van der Waals surface area contributed by atoms with Gasteiger partial charge in [-0.25, -0.2) is 4.79 Å². The molecule has 0 saturated heterocycles. The van der Waals surface area contributed by atoms with Crippen molar-refractivity contribution in [1.29, 1.82) is 0 Å². The fraction of sp³-hybridized carbons (Fsp3) is 0.500. The standard InChI is InChI=1S/C14H20O3/c1-3-4-5-8-11-16-17-14(15)13-10-7-6-9-12(13)2/h6-7,9-10H,3-5,8,11H2,1-2H3. The van der Waals surface area contributed by atoms with Gasteiger partial charge in [-0.15, -0.1) is 0 Å². The summed E-state index contributed by atoms with van der Waals surface area (Å²) in [7, 11) is 0. The van der Waals surface area contributed by atoms with Crippen LogP contribution < -0.4 is 0 Å². The van der Waals surface area contributed by atoms with Crippen molar-refractivity contribution in [1.82, 2.24) is 0 Å². The Hall–Kier alpha value is -1.35. The maximum absolute atomic E-state index is 11.6. The Balaban J connectivity index is 2.24. The van der Waals surface area contributed by atoms with Crippen molar-refractivity contribution in [2.24, 2.45) is 0 Å². The topological polar surface area (TPSA) is 35.5 Å². The number of aryl methyl sites for hydroxylation is 1. The molecule has 0 aliphatic carbocycles. The van der Waals surface area contributed by atoms with Gasteiger partial charge in [0.15, 0.2) is 0 Å². The monoisotopic (exact) mass is 236 g/mol. The minimum absolute atomic E-state index is 0.418. The first-order valence-electron chi connectivity index (χ1n) is 6.15. The summed E-state index contributed by atoms with van der Waals surface area (Å²) in [4.78, 5) is 21.3. The highest BCUT2D eigenvalue weighted by Gasteiger charge is 2.10. The van der Waals surface area contributed by atoms with E-state index in [0.29, 0.717) is 12.2 Å². The summed E-state index contributed by atoms with van der Waals surface area (Å²) in [6.07, 6.45) is 4.41. The molecule has 1 rings (SSSR count). The lowest BCUT2D eigenvalue weighted by Crippen LogP contribution is -2.08. The zero-order valence-electron chi connectivity index (χ0n) is 10.6. The third-order valence-electron chi connectivity index (χ3n) is 2.58. The highest BCUT2D eigenvalue weighted by Crippen LogP contribution is 2.09. The van der Waals surface area contributed by atoms with E-state index >= 15 is 0 Å². The number of unbranched alkanes of at least 4 members (excludes halogenated alkanes) is 3. The van der Waals surface area contributed by atoms with Crippen LogP contribution in [0.4, 0.5) is 0 Å². The van der Waals surface area contributed by atoms with E-state index in [2.05, 4.69) is 6.92 Å². The summed E-state index contributed by atoms with van der Waals surface area (Å²) in [6.45, 7) is 4.49. The molecule has 3 nitrogen and oxygen atoms in total. The Labute approximate surface area is 103 Å². The molecule has 1 aromatic carbocycles. The normalized spacial score (nSPS) is 10.2. The predicted molar refractivity (Wildman–Crippen MR) is 66.7 cm³/mol. The SMILES string of the molecule is CCCCCCOOC(=O)c1ccccc1C. The van der Waals surface area contributed by atoms with Crippen LogP contribution in [0.1, 0.15) is 48.5 Å². The molecule has 3 heteroatoms.